The molecule has 35 heavy (non-hydrogen) atoms. The first-order valence-corrected chi connectivity index (χ1v) is 11.2. The van der Waals surface area contributed by atoms with Crippen molar-refractivity contribution < 1.29 is 27.4 Å². The smallest absolute Gasteiger partial charge is 0.416 e. The minimum atomic E-state index is -4.55. The molecule has 0 radical (unpaired) electrons. The van der Waals surface area contributed by atoms with Crippen molar-refractivity contribution in [2.75, 3.05) is 11.9 Å². The normalized spacial score (nSPS) is 11.5. The van der Waals surface area contributed by atoms with Crippen LogP contribution in [-0.4, -0.2) is 12.5 Å². The molecule has 1 amide bonds. The van der Waals surface area contributed by atoms with Gasteiger partial charge in [0, 0.05) is 10.2 Å². The van der Waals surface area contributed by atoms with Gasteiger partial charge in [-0.1, -0.05) is 40.2 Å². The van der Waals surface area contributed by atoms with Crippen LogP contribution in [0.2, 0.25) is 0 Å². The molecule has 0 saturated heterocycles. The first-order valence-electron chi connectivity index (χ1n) is 10.4. The minimum absolute atomic E-state index is 0.0716. The third-order valence-corrected chi connectivity index (χ3v) is 5.23. The van der Waals surface area contributed by atoms with Crippen LogP contribution in [0.5, 0.6) is 11.5 Å². The molecule has 1 N–H and O–H groups in total. The number of alkyl halides is 3. The summed E-state index contributed by atoms with van der Waals surface area (Å²) in [5.41, 5.74) is 0.182. The Morgan fingerprint density at radius 1 is 1.06 bits per heavy atom. The lowest BCUT2D eigenvalue weighted by Crippen LogP contribution is -2.14. The van der Waals surface area contributed by atoms with E-state index in [0.717, 1.165) is 22.2 Å². The Balaban J connectivity index is 1.78. The number of hydrogen-bond donors (Lipinski definition) is 1. The third kappa shape index (κ3) is 7.36. The van der Waals surface area contributed by atoms with Crippen LogP contribution in [0.3, 0.4) is 0 Å². The molecule has 0 aromatic heterocycles. The van der Waals surface area contributed by atoms with E-state index in [2.05, 4.69) is 21.2 Å². The van der Waals surface area contributed by atoms with Crippen LogP contribution in [0.1, 0.15) is 23.6 Å². The Labute approximate surface area is 208 Å². The molecule has 3 aromatic rings. The molecule has 0 spiro atoms. The topological polar surface area (TPSA) is 71.3 Å². The molecule has 3 rings (SSSR count). The number of nitriles is 1. The maximum Gasteiger partial charge on any atom is 0.416 e. The predicted molar refractivity (Wildman–Crippen MR) is 130 cm³/mol. The van der Waals surface area contributed by atoms with Gasteiger partial charge in [0.05, 0.1) is 12.2 Å². The molecule has 180 valence electrons. The SMILES string of the molecule is CCOc1cc(/C=C(\C#N)C(=O)Nc2cccc(C(F)(F)F)c2)ccc1OCc1ccc(Br)cc1. The number of halogens is 4. The van der Waals surface area contributed by atoms with Gasteiger partial charge in [-0.05, 0) is 66.6 Å². The van der Waals surface area contributed by atoms with Crippen molar-refractivity contribution >= 4 is 33.6 Å². The van der Waals surface area contributed by atoms with Gasteiger partial charge in [-0.15, -0.1) is 0 Å². The van der Waals surface area contributed by atoms with Crippen LogP contribution < -0.4 is 14.8 Å². The van der Waals surface area contributed by atoms with Gasteiger partial charge >= 0.3 is 6.18 Å². The van der Waals surface area contributed by atoms with Crippen molar-refractivity contribution in [2.24, 2.45) is 0 Å². The van der Waals surface area contributed by atoms with Crippen LogP contribution in [0.15, 0.2) is 76.8 Å². The second-order valence-electron chi connectivity index (χ2n) is 7.26. The van der Waals surface area contributed by atoms with E-state index in [4.69, 9.17) is 9.47 Å². The molecule has 3 aromatic carbocycles. The largest absolute Gasteiger partial charge is 0.490 e. The molecule has 0 unspecified atom stereocenters. The molecule has 0 bridgehead atoms. The molecule has 0 aliphatic heterocycles. The molecule has 0 aliphatic rings. The van der Waals surface area contributed by atoms with Crippen molar-refractivity contribution in [1.29, 1.82) is 5.26 Å². The summed E-state index contributed by atoms with van der Waals surface area (Å²) in [5.74, 6) is 0.0770. The van der Waals surface area contributed by atoms with Gasteiger partial charge in [-0.25, -0.2) is 0 Å². The van der Waals surface area contributed by atoms with E-state index < -0.39 is 17.6 Å². The van der Waals surface area contributed by atoms with Crippen LogP contribution in [0, 0.1) is 11.3 Å². The van der Waals surface area contributed by atoms with Crippen molar-refractivity contribution in [3.05, 3.63) is 93.5 Å². The van der Waals surface area contributed by atoms with Crippen LogP contribution >= 0.6 is 15.9 Å². The molecule has 0 heterocycles. The lowest BCUT2D eigenvalue weighted by Gasteiger charge is -2.13. The number of amides is 1. The molecule has 5 nitrogen and oxygen atoms in total. The Kier molecular flexibility index (Phi) is 8.55. The zero-order valence-electron chi connectivity index (χ0n) is 18.5. The van der Waals surface area contributed by atoms with E-state index in [-0.39, 0.29) is 11.3 Å². The van der Waals surface area contributed by atoms with Crippen LogP contribution in [0.4, 0.5) is 18.9 Å². The fourth-order valence-corrected chi connectivity index (χ4v) is 3.29. The summed E-state index contributed by atoms with van der Waals surface area (Å²) in [6.07, 6.45) is -3.23. The van der Waals surface area contributed by atoms with E-state index in [9.17, 15) is 23.2 Å². The Hall–Kier alpha value is -3.77. The Bertz CT molecular complexity index is 1270. The number of carbonyl (C=O) groups is 1. The molecule has 0 atom stereocenters. The van der Waals surface area contributed by atoms with Crippen molar-refractivity contribution in [1.82, 2.24) is 0 Å². The van der Waals surface area contributed by atoms with Gasteiger partial charge in [0.25, 0.3) is 5.91 Å². The van der Waals surface area contributed by atoms with Crippen molar-refractivity contribution in [3.8, 4) is 17.6 Å². The number of benzene rings is 3. The number of hydrogen-bond acceptors (Lipinski definition) is 4. The zero-order chi connectivity index (χ0) is 25.4. The Morgan fingerprint density at radius 3 is 2.46 bits per heavy atom. The second-order valence-corrected chi connectivity index (χ2v) is 8.17. The average Bonchev–Trinajstić information content (AvgIpc) is 2.83. The summed E-state index contributed by atoms with van der Waals surface area (Å²) in [6, 6.07) is 18.6. The fourth-order valence-electron chi connectivity index (χ4n) is 3.03. The van der Waals surface area contributed by atoms with Crippen molar-refractivity contribution in [2.45, 2.75) is 19.7 Å². The first kappa shape index (κ1) is 25.8. The summed E-state index contributed by atoms with van der Waals surface area (Å²) < 4.78 is 51.2. The standard InChI is InChI=1S/C26H20BrF3N2O3/c1-2-34-24-13-18(8-11-23(24)35-16-17-6-9-21(27)10-7-17)12-19(15-31)25(33)32-22-5-3-4-20(14-22)26(28,29)30/h3-14H,2,16H2,1H3,(H,32,33)/b19-12+. The third-order valence-electron chi connectivity index (χ3n) is 4.70. The maximum absolute atomic E-state index is 12.9. The van der Waals surface area contributed by atoms with Gasteiger partial charge in [0.2, 0.25) is 0 Å². The van der Waals surface area contributed by atoms with E-state index in [1.54, 1.807) is 24.3 Å². The highest BCUT2D eigenvalue weighted by Gasteiger charge is 2.30. The van der Waals surface area contributed by atoms with Gasteiger partial charge in [0.15, 0.2) is 11.5 Å². The quantitative estimate of drug-likeness (QED) is 0.245. The summed E-state index contributed by atoms with van der Waals surface area (Å²) in [6.45, 7) is 2.48. The van der Waals surface area contributed by atoms with E-state index in [0.29, 0.717) is 30.3 Å². The number of anilines is 1. The highest BCUT2D eigenvalue weighted by molar-refractivity contribution is 9.10. The lowest BCUT2D eigenvalue weighted by molar-refractivity contribution is -0.137. The predicted octanol–water partition coefficient (Wildman–Crippen LogP) is 6.99. The molecular formula is C26H20BrF3N2O3. The number of nitrogens with zero attached hydrogens (tertiary/aromatic N) is 1. The molecular weight excluding hydrogens is 525 g/mol. The van der Waals surface area contributed by atoms with Gasteiger partial charge < -0.3 is 14.8 Å². The zero-order valence-corrected chi connectivity index (χ0v) is 20.1. The monoisotopic (exact) mass is 544 g/mol. The van der Waals surface area contributed by atoms with E-state index in [1.165, 1.54) is 18.2 Å². The Morgan fingerprint density at radius 2 is 1.80 bits per heavy atom. The minimum Gasteiger partial charge on any atom is -0.490 e. The molecule has 0 saturated carbocycles. The summed E-state index contributed by atoms with van der Waals surface area (Å²) in [4.78, 5) is 12.5. The van der Waals surface area contributed by atoms with Gasteiger partial charge in [-0.3, -0.25) is 4.79 Å². The maximum atomic E-state index is 12.9. The highest BCUT2D eigenvalue weighted by atomic mass is 79.9. The molecule has 9 heteroatoms. The second kappa shape index (κ2) is 11.6. The van der Waals surface area contributed by atoms with E-state index in [1.807, 2.05) is 31.2 Å². The number of ether oxygens (including phenoxy) is 2. The summed E-state index contributed by atoms with van der Waals surface area (Å²) in [7, 11) is 0. The summed E-state index contributed by atoms with van der Waals surface area (Å²) in [5, 5.41) is 11.8. The molecule has 0 fully saturated rings. The number of nitrogens with one attached hydrogen (secondary N) is 1. The fraction of sp³-hybridized carbons (Fsp3) is 0.154. The van der Waals surface area contributed by atoms with Gasteiger partial charge in [0.1, 0.15) is 18.2 Å². The number of carbonyl (C=O) groups excluding carboxylic acids is 1. The van der Waals surface area contributed by atoms with Gasteiger partial charge in [-0.2, -0.15) is 18.4 Å². The molecule has 0 aliphatic carbocycles. The van der Waals surface area contributed by atoms with E-state index >= 15 is 0 Å². The highest BCUT2D eigenvalue weighted by Crippen LogP contribution is 2.32. The number of rotatable bonds is 8. The average molecular weight is 545 g/mol. The van der Waals surface area contributed by atoms with Crippen molar-refractivity contribution in [3.63, 3.8) is 0 Å². The summed E-state index contributed by atoms with van der Waals surface area (Å²) >= 11 is 3.38. The van der Waals surface area contributed by atoms with Crippen LogP contribution in [0.25, 0.3) is 6.08 Å². The lowest BCUT2D eigenvalue weighted by atomic mass is 10.1. The van der Waals surface area contributed by atoms with Crippen LogP contribution in [-0.2, 0) is 17.6 Å². The first-order chi connectivity index (χ1) is 16.7.